The van der Waals surface area contributed by atoms with Gasteiger partial charge in [-0.2, -0.15) is 0 Å². The number of hydrogen-bond donors (Lipinski definition) is 1. The number of likely N-dealkylation sites (tertiary alicyclic amines) is 1. The van der Waals surface area contributed by atoms with Gasteiger partial charge in [0, 0.05) is 25.2 Å². The fourth-order valence-electron chi connectivity index (χ4n) is 2.46. The number of hydrogen-bond acceptors (Lipinski definition) is 2. The SMILES string of the molecule is CC(N)C1CCN(C(=O)c2ccc(F)cc2F)CC1.Cl. The molecule has 20 heavy (non-hydrogen) atoms. The molecule has 1 fully saturated rings. The number of halogens is 3. The van der Waals surface area contributed by atoms with Crippen molar-refractivity contribution in [1.29, 1.82) is 0 Å². The van der Waals surface area contributed by atoms with Crippen LogP contribution in [-0.2, 0) is 0 Å². The zero-order valence-electron chi connectivity index (χ0n) is 11.3. The lowest BCUT2D eigenvalue weighted by molar-refractivity contribution is 0.0676. The molecule has 0 saturated carbocycles. The monoisotopic (exact) mass is 304 g/mol. The van der Waals surface area contributed by atoms with Gasteiger partial charge in [-0.3, -0.25) is 4.79 Å². The summed E-state index contributed by atoms with van der Waals surface area (Å²) >= 11 is 0. The van der Waals surface area contributed by atoms with Crippen molar-refractivity contribution < 1.29 is 13.6 Å². The van der Waals surface area contributed by atoms with Crippen molar-refractivity contribution in [2.24, 2.45) is 11.7 Å². The molecule has 1 aromatic rings. The summed E-state index contributed by atoms with van der Waals surface area (Å²) in [7, 11) is 0. The summed E-state index contributed by atoms with van der Waals surface area (Å²) in [5.74, 6) is -1.45. The number of rotatable bonds is 2. The predicted octanol–water partition coefficient (Wildman–Crippen LogP) is 2.59. The molecule has 1 aliphatic rings. The Hall–Kier alpha value is -1.20. The Bertz CT molecular complexity index is 474. The third kappa shape index (κ3) is 3.67. The zero-order valence-corrected chi connectivity index (χ0v) is 12.1. The lowest BCUT2D eigenvalue weighted by atomic mass is 9.90. The molecule has 2 N–H and O–H groups in total. The number of nitrogens with zero attached hydrogens (tertiary/aromatic N) is 1. The quantitative estimate of drug-likeness (QED) is 0.913. The van der Waals surface area contributed by atoms with Crippen LogP contribution >= 0.6 is 12.4 Å². The minimum atomic E-state index is -0.806. The van der Waals surface area contributed by atoms with Gasteiger partial charge in [0.05, 0.1) is 5.56 Å². The first-order valence-electron chi connectivity index (χ1n) is 6.49. The van der Waals surface area contributed by atoms with Gasteiger partial charge in [0.15, 0.2) is 0 Å². The van der Waals surface area contributed by atoms with Gasteiger partial charge < -0.3 is 10.6 Å². The van der Waals surface area contributed by atoms with E-state index in [1.165, 1.54) is 6.07 Å². The molecule has 1 saturated heterocycles. The van der Waals surface area contributed by atoms with Gasteiger partial charge in [-0.05, 0) is 37.8 Å². The summed E-state index contributed by atoms with van der Waals surface area (Å²) in [4.78, 5) is 13.7. The van der Waals surface area contributed by atoms with Gasteiger partial charge in [-0.25, -0.2) is 8.78 Å². The highest BCUT2D eigenvalue weighted by atomic mass is 35.5. The number of amides is 1. The first-order valence-corrected chi connectivity index (χ1v) is 6.49. The molecule has 1 amide bonds. The molecule has 0 radical (unpaired) electrons. The van der Waals surface area contributed by atoms with Crippen molar-refractivity contribution in [3.8, 4) is 0 Å². The van der Waals surface area contributed by atoms with Crippen LogP contribution in [0.3, 0.4) is 0 Å². The highest BCUT2D eigenvalue weighted by molar-refractivity contribution is 5.94. The average molecular weight is 305 g/mol. The summed E-state index contributed by atoms with van der Waals surface area (Å²) < 4.78 is 26.4. The van der Waals surface area contributed by atoms with Crippen LogP contribution in [0.5, 0.6) is 0 Å². The number of carbonyl (C=O) groups excluding carboxylic acids is 1. The molecule has 0 aromatic heterocycles. The minimum Gasteiger partial charge on any atom is -0.339 e. The maximum Gasteiger partial charge on any atom is 0.256 e. The van der Waals surface area contributed by atoms with Crippen LogP contribution in [0.15, 0.2) is 18.2 Å². The zero-order chi connectivity index (χ0) is 14.0. The molecule has 0 aliphatic carbocycles. The van der Waals surface area contributed by atoms with Crippen molar-refractivity contribution in [2.75, 3.05) is 13.1 Å². The van der Waals surface area contributed by atoms with Crippen molar-refractivity contribution >= 4 is 18.3 Å². The second-order valence-electron chi connectivity index (χ2n) is 5.11. The predicted molar refractivity (Wildman–Crippen MR) is 75.9 cm³/mol. The molecule has 3 nitrogen and oxygen atoms in total. The van der Waals surface area contributed by atoms with E-state index in [4.69, 9.17) is 5.73 Å². The highest BCUT2D eigenvalue weighted by Crippen LogP contribution is 2.22. The molecular weight excluding hydrogens is 286 g/mol. The lowest BCUT2D eigenvalue weighted by Gasteiger charge is -2.33. The van der Waals surface area contributed by atoms with Crippen LogP contribution in [0.25, 0.3) is 0 Å². The Labute approximate surface area is 123 Å². The highest BCUT2D eigenvalue weighted by Gasteiger charge is 2.26. The molecule has 1 aromatic carbocycles. The Kier molecular flexibility index (Phi) is 5.89. The van der Waals surface area contributed by atoms with E-state index in [0.717, 1.165) is 25.0 Å². The van der Waals surface area contributed by atoms with E-state index >= 15 is 0 Å². The maximum absolute atomic E-state index is 13.6. The normalized spacial score (nSPS) is 17.5. The summed E-state index contributed by atoms with van der Waals surface area (Å²) in [6, 6.07) is 3.15. The van der Waals surface area contributed by atoms with E-state index in [0.29, 0.717) is 19.0 Å². The molecule has 1 aliphatic heterocycles. The molecule has 0 bridgehead atoms. The molecule has 1 unspecified atom stereocenters. The summed E-state index contributed by atoms with van der Waals surface area (Å²) in [6.07, 6.45) is 1.65. The fourth-order valence-corrected chi connectivity index (χ4v) is 2.46. The topological polar surface area (TPSA) is 46.3 Å². The van der Waals surface area contributed by atoms with Crippen LogP contribution < -0.4 is 5.73 Å². The third-order valence-electron chi connectivity index (χ3n) is 3.73. The third-order valence-corrected chi connectivity index (χ3v) is 3.73. The maximum atomic E-state index is 13.6. The summed E-state index contributed by atoms with van der Waals surface area (Å²) in [5.41, 5.74) is 5.77. The van der Waals surface area contributed by atoms with Gasteiger partial charge in [0.25, 0.3) is 5.91 Å². The van der Waals surface area contributed by atoms with Gasteiger partial charge in [-0.15, -0.1) is 12.4 Å². The second kappa shape index (κ2) is 6.99. The van der Waals surface area contributed by atoms with E-state index in [1.54, 1.807) is 4.90 Å². The lowest BCUT2D eigenvalue weighted by Crippen LogP contribution is -2.42. The minimum absolute atomic E-state index is 0. The second-order valence-corrected chi connectivity index (χ2v) is 5.11. The first-order chi connectivity index (χ1) is 8.99. The molecule has 1 atom stereocenters. The average Bonchev–Trinajstić information content (AvgIpc) is 2.38. The Morgan fingerprint density at radius 3 is 2.45 bits per heavy atom. The first kappa shape index (κ1) is 16.9. The van der Waals surface area contributed by atoms with Gasteiger partial charge in [0.1, 0.15) is 11.6 Å². The van der Waals surface area contributed by atoms with E-state index in [2.05, 4.69) is 0 Å². The number of benzene rings is 1. The molecular formula is C14H19ClF2N2O. The number of nitrogens with two attached hydrogens (primary N) is 1. The van der Waals surface area contributed by atoms with Crippen LogP contribution in [0, 0.1) is 17.6 Å². The standard InChI is InChI=1S/C14H18F2N2O.ClH/c1-9(17)10-4-6-18(7-5-10)14(19)12-3-2-11(15)8-13(12)16;/h2-3,8-10H,4-7,17H2,1H3;1H. The van der Waals surface area contributed by atoms with E-state index < -0.39 is 11.6 Å². The van der Waals surface area contributed by atoms with Crippen molar-refractivity contribution in [1.82, 2.24) is 4.90 Å². The van der Waals surface area contributed by atoms with Crippen LogP contribution in [0.4, 0.5) is 8.78 Å². The van der Waals surface area contributed by atoms with Gasteiger partial charge in [0.2, 0.25) is 0 Å². The summed E-state index contributed by atoms with van der Waals surface area (Å²) in [5, 5.41) is 0. The number of carbonyl (C=O) groups is 1. The molecule has 1 heterocycles. The van der Waals surface area contributed by atoms with Crippen LogP contribution in [-0.4, -0.2) is 29.9 Å². The van der Waals surface area contributed by atoms with Crippen molar-refractivity contribution in [3.05, 3.63) is 35.4 Å². The van der Waals surface area contributed by atoms with Gasteiger partial charge >= 0.3 is 0 Å². The van der Waals surface area contributed by atoms with Crippen LogP contribution in [0.1, 0.15) is 30.1 Å². The Morgan fingerprint density at radius 1 is 1.35 bits per heavy atom. The van der Waals surface area contributed by atoms with Crippen LogP contribution in [0.2, 0.25) is 0 Å². The van der Waals surface area contributed by atoms with E-state index in [9.17, 15) is 13.6 Å². The molecule has 2 rings (SSSR count). The molecule has 6 heteroatoms. The van der Waals surface area contributed by atoms with E-state index in [-0.39, 0.29) is 29.9 Å². The van der Waals surface area contributed by atoms with Crippen molar-refractivity contribution in [3.63, 3.8) is 0 Å². The Morgan fingerprint density at radius 2 is 1.95 bits per heavy atom. The Balaban J connectivity index is 0.00000200. The molecule has 112 valence electrons. The van der Waals surface area contributed by atoms with Crippen molar-refractivity contribution in [2.45, 2.75) is 25.8 Å². The smallest absolute Gasteiger partial charge is 0.256 e. The van der Waals surface area contributed by atoms with Gasteiger partial charge in [-0.1, -0.05) is 0 Å². The van der Waals surface area contributed by atoms with E-state index in [1.807, 2.05) is 6.92 Å². The largest absolute Gasteiger partial charge is 0.339 e. The molecule has 0 spiro atoms. The number of piperidine rings is 1. The fraction of sp³-hybridized carbons (Fsp3) is 0.500. The summed E-state index contributed by atoms with van der Waals surface area (Å²) in [6.45, 7) is 3.10.